The second-order valence-electron chi connectivity index (χ2n) is 2.81. The molecule has 0 aromatic carbocycles. The van der Waals surface area contributed by atoms with Crippen molar-refractivity contribution in [2.45, 2.75) is 13.0 Å². The number of aliphatic hydroxyl groups is 1. The van der Waals surface area contributed by atoms with Crippen molar-refractivity contribution >= 4 is 11.9 Å². The smallest absolute Gasteiger partial charge is 0.331 e. The highest BCUT2D eigenvalue weighted by molar-refractivity contribution is 5.91. The lowest BCUT2D eigenvalue weighted by Gasteiger charge is -2.03. The molecule has 0 saturated heterocycles. The summed E-state index contributed by atoms with van der Waals surface area (Å²) in [6, 6.07) is 0. The number of esters is 2. The molecule has 0 aromatic heterocycles. The Bertz CT molecular complexity index is 246. The fourth-order valence-corrected chi connectivity index (χ4v) is 0.615. The van der Waals surface area contributed by atoms with Gasteiger partial charge in [-0.1, -0.05) is 0 Å². The SMILES string of the molecule is CC(O)COC(=O)C=CC(=O)OCCOO. The highest BCUT2D eigenvalue weighted by atomic mass is 17.1. The monoisotopic (exact) mass is 234 g/mol. The largest absolute Gasteiger partial charge is 0.460 e. The molecule has 2 N–H and O–H groups in total. The van der Waals surface area contributed by atoms with E-state index in [-0.39, 0.29) is 19.8 Å². The molecule has 0 amide bonds. The summed E-state index contributed by atoms with van der Waals surface area (Å²) in [5.74, 6) is -1.51. The standard InChI is InChI=1S/C9H14O7/c1-7(10)6-15-9(12)3-2-8(11)14-4-5-16-13/h2-3,7,10,13H,4-6H2,1H3. The van der Waals surface area contributed by atoms with Gasteiger partial charge in [-0.2, -0.15) is 0 Å². The van der Waals surface area contributed by atoms with E-state index in [0.717, 1.165) is 12.2 Å². The molecule has 92 valence electrons. The van der Waals surface area contributed by atoms with Crippen LogP contribution in [0.5, 0.6) is 0 Å². The molecule has 0 aromatic rings. The molecular weight excluding hydrogens is 220 g/mol. The van der Waals surface area contributed by atoms with Crippen molar-refractivity contribution in [1.82, 2.24) is 0 Å². The summed E-state index contributed by atoms with van der Waals surface area (Å²) in [7, 11) is 0. The first kappa shape index (κ1) is 14.6. The number of hydrogen-bond donors (Lipinski definition) is 2. The van der Waals surface area contributed by atoms with E-state index in [4.69, 9.17) is 10.4 Å². The van der Waals surface area contributed by atoms with Crippen LogP contribution in [-0.4, -0.2) is 48.2 Å². The van der Waals surface area contributed by atoms with Crippen LogP contribution in [0.3, 0.4) is 0 Å². The maximum Gasteiger partial charge on any atom is 0.331 e. The minimum absolute atomic E-state index is 0.123. The first-order valence-electron chi connectivity index (χ1n) is 4.52. The fraction of sp³-hybridized carbons (Fsp3) is 0.556. The summed E-state index contributed by atoms with van der Waals surface area (Å²) in [5, 5.41) is 16.7. The molecule has 7 nitrogen and oxygen atoms in total. The van der Waals surface area contributed by atoms with Gasteiger partial charge < -0.3 is 14.6 Å². The fourth-order valence-electron chi connectivity index (χ4n) is 0.615. The number of hydrogen-bond acceptors (Lipinski definition) is 7. The summed E-state index contributed by atoms with van der Waals surface area (Å²) in [6.07, 6.45) is 0.998. The van der Waals surface area contributed by atoms with Gasteiger partial charge in [-0.05, 0) is 6.92 Å². The molecule has 0 radical (unpaired) electrons. The first-order chi connectivity index (χ1) is 7.56. The number of aliphatic hydroxyl groups excluding tert-OH is 1. The molecule has 0 aliphatic rings. The number of carbonyl (C=O) groups excluding carboxylic acids is 2. The Kier molecular flexibility index (Phi) is 8.04. The summed E-state index contributed by atoms with van der Waals surface area (Å²) in [6.45, 7) is 1.05. The van der Waals surface area contributed by atoms with Crippen LogP contribution in [0, 0.1) is 0 Å². The van der Waals surface area contributed by atoms with E-state index in [0.29, 0.717) is 0 Å². The highest BCUT2D eigenvalue weighted by Gasteiger charge is 2.02. The zero-order chi connectivity index (χ0) is 12.4. The minimum Gasteiger partial charge on any atom is -0.460 e. The van der Waals surface area contributed by atoms with E-state index < -0.39 is 18.0 Å². The van der Waals surface area contributed by atoms with Gasteiger partial charge in [0.05, 0.1) is 6.10 Å². The summed E-state index contributed by atoms with van der Waals surface area (Å²) < 4.78 is 9.02. The van der Waals surface area contributed by atoms with Crippen molar-refractivity contribution in [3.05, 3.63) is 12.2 Å². The second-order valence-corrected chi connectivity index (χ2v) is 2.81. The lowest BCUT2D eigenvalue weighted by Crippen LogP contribution is -2.14. The summed E-state index contributed by atoms with van der Waals surface area (Å²) in [5.41, 5.74) is 0. The summed E-state index contributed by atoms with van der Waals surface area (Å²) in [4.78, 5) is 25.4. The summed E-state index contributed by atoms with van der Waals surface area (Å²) >= 11 is 0. The van der Waals surface area contributed by atoms with E-state index in [9.17, 15) is 9.59 Å². The van der Waals surface area contributed by atoms with Gasteiger partial charge in [-0.25, -0.2) is 14.5 Å². The Morgan fingerprint density at radius 3 is 2.25 bits per heavy atom. The van der Waals surface area contributed by atoms with E-state index in [1.165, 1.54) is 6.92 Å². The minimum atomic E-state index is -0.758. The highest BCUT2D eigenvalue weighted by Crippen LogP contribution is 1.88. The van der Waals surface area contributed by atoms with Gasteiger partial charge in [-0.15, -0.1) is 0 Å². The molecule has 0 bridgehead atoms. The van der Waals surface area contributed by atoms with Crippen molar-refractivity contribution in [2.75, 3.05) is 19.8 Å². The Hall–Kier alpha value is -1.44. The molecule has 0 rings (SSSR count). The van der Waals surface area contributed by atoms with Crippen LogP contribution in [0.2, 0.25) is 0 Å². The molecule has 16 heavy (non-hydrogen) atoms. The normalized spacial score (nSPS) is 12.4. The molecule has 0 aliphatic heterocycles. The molecule has 0 aliphatic carbocycles. The zero-order valence-corrected chi connectivity index (χ0v) is 8.79. The third-order valence-electron chi connectivity index (χ3n) is 1.24. The van der Waals surface area contributed by atoms with Crippen LogP contribution in [-0.2, 0) is 24.0 Å². The van der Waals surface area contributed by atoms with Crippen LogP contribution in [0.4, 0.5) is 0 Å². The van der Waals surface area contributed by atoms with Crippen molar-refractivity contribution in [2.24, 2.45) is 0 Å². The Balaban J connectivity index is 3.71. The van der Waals surface area contributed by atoms with Crippen LogP contribution >= 0.6 is 0 Å². The Morgan fingerprint density at radius 2 is 1.75 bits per heavy atom. The van der Waals surface area contributed by atoms with Gasteiger partial charge >= 0.3 is 11.9 Å². The predicted octanol–water partition coefficient (Wildman–Crippen LogP) is -0.501. The quantitative estimate of drug-likeness (QED) is 0.201. The molecule has 0 spiro atoms. The van der Waals surface area contributed by atoms with Gasteiger partial charge in [0.15, 0.2) is 0 Å². The maximum atomic E-state index is 10.9. The van der Waals surface area contributed by atoms with Crippen LogP contribution in [0.15, 0.2) is 12.2 Å². The number of carbonyl (C=O) groups is 2. The van der Waals surface area contributed by atoms with Crippen molar-refractivity contribution in [3.63, 3.8) is 0 Å². The Labute approximate surface area is 92.2 Å². The molecule has 1 unspecified atom stereocenters. The average Bonchev–Trinajstić information content (AvgIpc) is 2.24. The topological polar surface area (TPSA) is 102 Å². The molecule has 0 fully saturated rings. The zero-order valence-electron chi connectivity index (χ0n) is 8.79. The van der Waals surface area contributed by atoms with Gasteiger partial charge in [0.25, 0.3) is 0 Å². The van der Waals surface area contributed by atoms with E-state index in [1.807, 2.05) is 0 Å². The van der Waals surface area contributed by atoms with E-state index in [1.54, 1.807) is 0 Å². The molecule has 1 atom stereocenters. The lowest BCUT2D eigenvalue weighted by atomic mass is 10.4. The van der Waals surface area contributed by atoms with Gasteiger partial charge in [0.1, 0.15) is 19.8 Å². The van der Waals surface area contributed by atoms with Crippen molar-refractivity contribution in [1.29, 1.82) is 0 Å². The van der Waals surface area contributed by atoms with Gasteiger partial charge in [0, 0.05) is 12.2 Å². The van der Waals surface area contributed by atoms with Crippen LogP contribution in [0.25, 0.3) is 0 Å². The third-order valence-corrected chi connectivity index (χ3v) is 1.24. The Morgan fingerprint density at radius 1 is 1.19 bits per heavy atom. The number of rotatable bonds is 7. The lowest BCUT2D eigenvalue weighted by molar-refractivity contribution is -0.248. The molecule has 7 heteroatoms. The van der Waals surface area contributed by atoms with Crippen LogP contribution < -0.4 is 0 Å². The predicted molar refractivity (Wildman–Crippen MR) is 51.3 cm³/mol. The van der Waals surface area contributed by atoms with Crippen molar-refractivity contribution in [3.8, 4) is 0 Å². The number of ether oxygens (including phenoxy) is 2. The molecular formula is C9H14O7. The molecule has 0 saturated carbocycles. The molecule has 0 heterocycles. The van der Waals surface area contributed by atoms with E-state index in [2.05, 4.69) is 14.4 Å². The van der Waals surface area contributed by atoms with Crippen molar-refractivity contribution < 1.29 is 34.3 Å². The first-order valence-corrected chi connectivity index (χ1v) is 4.52. The van der Waals surface area contributed by atoms with Crippen LogP contribution in [0.1, 0.15) is 6.92 Å². The second kappa shape index (κ2) is 8.84. The van der Waals surface area contributed by atoms with Gasteiger partial charge in [0.2, 0.25) is 0 Å². The third kappa shape index (κ3) is 9.13. The van der Waals surface area contributed by atoms with E-state index >= 15 is 0 Å². The average molecular weight is 234 g/mol. The maximum absolute atomic E-state index is 10.9. The van der Waals surface area contributed by atoms with Gasteiger partial charge in [-0.3, -0.25) is 5.26 Å².